The van der Waals surface area contributed by atoms with Gasteiger partial charge in [-0.15, -0.1) is 0 Å². The lowest BCUT2D eigenvalue weighted by molar-refractivity contribution is 0.660. The van der Waals surface area contributed by atoms with Crippen LogP contribution in [0.1, 0.15) is 47.2 Å². The van der Waals surface area contributed by atoms with Gasteiger partial charge in [-0.25, -0.2) is 0 Å². The van der Waals surface area contributed by atoms with Crippen LogP contribution in [0.2, 0.25) is 0 Å². The van der Waals surface area contributed by atoms with E-state index in [1.165, 1.54) is 89.0 Å². The van der Waals surface area contributed by atoms with Gasteiger partial charge in [0.25, 0.3) is 0 Å². The molecule has 0 saturated heterocycles. The molecular formula is C64H47N. The van der Waals surface area contributed by atoms with Crippen LogP contribution >= 0.6 is 0 Å². The maximum Gasteiger partial charge on any atom is 0.0713 e. The number of fused-ring (bicyclic) bond motifs is 6. The van der Waals surface area contributed by atoms with Crippen LogP contribution in [-0.4, -0.2) is 0 Å². The Morgan fingerprint density at radius 2 is 0.646 bits per heavy atom. The fraction of sp³-hybridized carbons (Fsp3) is 0.0625. The monoisotopic (exact) mass is 829 g/mol. The number of nitrogens with zero attached hydrogens (tertiary/aromatic N) is 1. The van der Waals surface area contributed by atoms with Crippen LogP contribution in [0.25, 0.3) is 55.6 Å². The van der Waals surface area contributed by atoms with Crippen LogP contribution in [0.4, 0.5) is 17.1 Å². The molecule has 2 aliphatic rings. The van der Waals surface area contributed by atoms with Crippen LogP contribution < -0.4 is 4.90 Å². The third kappa shape index (κ3) is 6.22. The SMILES string of the molecule is CC1(C)c2ccccc2-c2ccc(N(c3ccc(-c4ccc(-c5ccccc5)cc4)cc3)c3ccc(-c4ccc5c(c4)-c4ccccc4C5(c4ccccc4)c4ccccc4)cc3)cc21. The molecule has 0 amide bonds. The quantitative estimate of drug-likeness (QED) is 0.147. The van der Waals surface area contributed by atoms with Crippen LogP contribution in [0.3, 0.4) is 0 Å². The Labute approximate surface area is 382 Å². The van der Waals surface area contributed by atoms with Crippen molar-refractivity contribution in [2.45, 2.75) is 24.7 Å². The van der Waals surface area contributed by atoms with Crippen molar-refractivity contribution in [3.05, 3.63) is 282 Å². The van der Waals surface area contributed by atoms with Gasteiger partial charge in [0.15, 0.2) is 0 Å². The first-order valence-electron chi connectivity index (χ1n) is 22.7. The average molecular weight is 830 g/mol. The Morgan fingerprint density at radius 3 is 1.22 bits per heavy atom. The number of benzene rings is 10. The van der Waals surface area contributed by atoms with Crippen molar-refractivity contribution in [2.75, 3.05) is 4.90 Å². The van der Waals surface area contributed by atoms with Crippen LogP contribution in [0, 0.1) is 0 Å². The van der Waals surface area contributed by atoms with Gasteiger partial charge in [-0.05, 0) is 131 Å². The minimum atomic E-state index is -0.412. The first-order chi connectivity index (χ1) is 32.0. The summed E-state index contributed by atoms with van der Waals surface area (Å²) >= 11 is 0. The maximum absolute atomic E-state index is 2.42. The molecule has 0 radical (unpaired) electrons. The fourth-order valence-corrected chi connectivity index (χ4v) is 11.0. The van der Waals surface area contributed by atoms with Gasteiger partial charge in [0, 0.05) is 22.5 Å². The summed E-state index contributed by atoms with van der Waals surface area (Å²) in [5, 5.41) is 0. The third-order valence-corrected chi connectivity index (χ3v) is 14.2. The zero-order valence-corrected chi connectivity index (χ0v) is 36.6. The van der Waals surface area contributed by atoms with E-state index in [0.29, 0.717) is 0 Å². The van der Waals surface area contributed by atoms with Gasteiger partial charge in [-0.1, -0.05) is 220 Å². The largest absolute Gasteiger partial charge is 0.310 e. The van der Waals surface area contributed by atoms with E-state index in [9.17, 15) is 0 Å². The van der Waals surface area contributed by atoms with Crippen LogP contribution in [-0.2, 0) is 10.8 Å². The molecule has 0 saturated carbocycles. The lowest BCUT2D eigenvalue weighted by atomic mass is 9.67. The van der Waals surface area contributed by atoms with E-state index in [4.69, 9.17) is 0 Å². The molecule has 10 aromatic rings. The molecule has 308 valence electrons. The zero-order chi connectivity index (χ0) is 43.5. The summed E-state index contributed by atoms with van der Waals surface area (Å²) in [6.45, 7) is 4.72. The number of hydrogen-bond acceptors (Lipinski definition) is 1. The van der Waals surface area contributed by atoms with Crippen LogP contribution in [0.15, 0.2) is 249 Å². The summed E-state index contributed by atoms with van der Waals surface area (Å²) in [5.41, 5.74) is 23.2. The first kappa shape index (κ1) is 38.7. The molecule has 1 heteroatoms. The summed E-state index contributed by atoms with van der Waals surface area (Å²) in [5.74, 6) is 0. The molecule has 1 nitrogen and oxygen atoms in total. The predicted octanol–water partition coefficient (Wildman–Crippen LogP) is 16.8. The normalized spacial score (nSPS) is 13.6. The Bertz CT molecular complexity index is 3310. The van der Waals surface area contributed by atoms with Gasteiger partial charge in [0.05, 0.1) is 5.41 Å². The molecule has 0 fully saturated rings. The molecule has 0 bridgehead atoms. The van der Waals surface area contributed by atoms with E-state index >= 15 is 0 Å². The topological polar surface area (TPSA) is 3.24 Å². The molecule has 12 rings (SSSR count). The minimum Gasteiger partial charge on any atom is -0.310 e. The zero-order valence-electron chi connectivity index (χ0n) is 36.6. The Morgan fingerprint density at radius 1 is 0.262 bits per heavy atom. The summed E-state index contributed by atoms with van der Waals surface area (Å²) in [7, 11) is 0. The van der Waals surface area contributed by atoms with Gasteiger partial charge >= 0.3 is 0 Å². The average Bonchev–Trinajstić information content (AvgIpc) is 3.80. The number of anilines is 3. The van der Waals surface area contributed by atoms with Crippen molar-refractivity contribution in [3.63, 3.8) is 0 Å². The van der Waals surface area contributed by atoms with Gasteiger partial charge in [-0.2, -0.15) is 0 Å². The predicted molar refractivity (Wildman–Crippen MR) is 272 cm³/mol. The molecule has 0 N–H and O–H groups in total. The highest BCUT2D eigenvalue weighted by atomic mass is 15.1. The lowest BCUT2D eigenvalue weighted by Crippen LogP contribution is -2.28. The van der Waals surface area contributed by atoms with Crippen molar-refractivity contribution in [2.24, 2.45) is 0 Å². The van der Waals surface area contributed by atoms with Gasteiger partial charge in [0.1, 0.15) is 0 Å². The molecular weight excluding hydrogens is 783 g/mol. The molecule has 0 aromatic heterocycles. The third-order valence-electron chi connectivity index (χ3n) is 14.2. The Kier molecular flexibility index (Phi) is 9.14. The molecule has 0 spiro atoms. The van der Waals surface area contributed by atoms with E-state index in [1.807, 2.05) is 0 Å². The number of hydrogen-bond donors (Lipinski definition) is 0. The summed E-state index contributed by atoms with van der Waals surface area (Å²) in [4.78, 5) is 2.42. The lowest BCUT2D eigenvalue weighted by Gasteiger charge is -2.33. The van der Waals surface area contributed by atoms with Gasteiger partial charge in [0.2, 0.25) is 0 Å². The standard InChI is InChI=1S/C64H47N/c1-63(2)59-24-14-12-22-55(59)57-40-39-54(43-62(57)63)65(52-35-30-47(31-36-52)46-28-26-45(27-29-46)44-16-6-3-7-17-44)53-37-32-48(33-38-53)49-34-41-61-58(42-49)56-23-13-15-25-60(56)64(61,50-18-8-4-9-19-50)51-20-10-5-11-21-51/h3-43H,1-2H3. The van der Waals surface area contributed by atoms with Crippen molar-refractivity contribution in [1.29, 1.82) is 0 Å². The highest BCUT2D eigenvalue weighted by molar-refractivity contribution is 5.90. The fourth-order valence-electron chi connectivity index (χ4n) is 11.0. The smallest absolute Gasteiger partial charge is 0.0713 e. The summed E-state index contributed by atoms with van der Waals surface area (Å²) in [6.07, 6.45) is 0. The second kappa shape index (κ2) is 15.4. The van der Waals surface area contributed by atoms with Crippen molar-refractivity contribution >= 4 is 17.1 Å². The highest BCUT2D eigenvalue weighted by Gasteiger charge is 2.46. The molecule has 0 atom stereocenters. The second-order valence-corrected chi connectivity index (χ2v) is 18.1. The Hall–Kier alpha value is -8.00. The molecule has 0 aliphatic heterocycles. The summed E-state index contributed by atoms with van der Waals surface area (Å²) < 4.78 is 0. The molecule has 10 aromatic carbocycles. The van der Waals surface area contributed by atoms with E-state index in [1.54, 1.807) is 0 Å². The molecule has 0 heterocycles. The molecule has 0 unspecified atom stereocenters. The van der Waals surface area contributed by atoms with Crippen molar-refractivity contribution in [1.82, 2.24) is 0 Å². The van der Waals surface area contributed by atoms with Gasteiger partial charge < -0.3 is 4.90 Å². The maximum atomic E-state index is 2.42. The molecule has 2 aliphatic carbocycles. The van der Waals surface area contributed by atoms with Gasteiger partial charge in [-0.3, -0.25) is 0 Å². The molecule has 65 heavy (non-hydrogen) atoms. The highest BCUT2D eigenvalue weighted by Crippen LogP contribution is 2.57. The van der Waals surface area contributed by atoms with E-state index in [-0.39, 0.29) is 5.41 Å². The van der Waals surface area contributed by atoms with E-state index in [0.717, 1.165) is 17.1 Å². The van der Waals surface area contributed by atoms with Crippen molar-refractivity contribution in [3.8, 4) is 55.6 Å². The number of rotatable bonds is 8. The van der Waals surface area contributed by atoms with E-state index < -0.39 is 5.41 Å². The van der Waals surface area contributed by atoms with E-state index in [2.05, 4.69) is 267 Å². The minimum absolute atomic E-state index is 0.113. The van der Waals surface area contributed by atoms with Crippen molar-refractivity contribution < 1.29 is 0 Å². The Balaban J connectivity index is 0.938. The first-order valence-corrected chi connectivity index (χ1v) is 22.7. The summed E-state index contributed by atoms with van der Waals surface area (Å²) in [6, 6.07) is 91.8. The van der Waals surface area contributed by atoms with Crippen LogP contribution in [0.5, 0.6) is 0 Å². The second-order valence-electron chi connectivity index (χ2n) is 18.1.